The summed E-state index contributed by atoms with van der Waals surface area (Å²) in [6.45, 7) is 13.3. The van der Waals surface area contributed by atoms with Crippen LogP contribution in [0.5, 0.6) is 0 Å². The van der Waals surface area contributed by atoms with Gasteiger partial charge in [-0.1, -0.05) is 90.0 Å². The van der Waals surface area contributed by atoms with Gasteiger partial charge in [0.15, 0.2) is 0 Å². The van der Waals surface area contributed by atoms with Crippen molar-refractivity contribution in [2.45, 2.75) is 67.2 Å². The van der Waals surface area contributed by atoms with Crippen LogP contribution in [0.3, 0.4) is 0 Å². The molecule has 0 amide bonds. The fraction of sp³-hybridized carbons (Fsp3) is 0.208. The quantitative estimate of drug-likeness (QED) is 0.170. The summed E-state index contributed by atoms with van der Waals surface area (Å²) in [5.74, 6) is 0. The van der Waals surface area contributed by atoms with Crippen LogP contribution in [0.2, 0.25) is 0 Å². The minimum Gasteiger partial charge on any atom is -0.311 e. The molecule has 0 atom stereocenters. The highest BCUT2D eigenvalue weighted by atomic mass is 15.1. The number of nitrogens with zero attached hydrogens (tertiary/aromatic N) is 1. The van der Waals surface area contributed by atoms with E-state index in [1.54, 1.807) is 5.56 Å². The van der Waals surface area contributed by atoms with E-state index in [1.807, 2.05) is 0 Å². The van der Waals surface area contributed by atoms with E-state index in [9.17, 15) is 0 Å². The number of rotatable bonds is 5. The Balaban J connectivity index is 1.38. The molecule has 1 heteroatoms. The molecule has 0 saturated heterocycles. The predicted molar refractivity (Wildman–Crippen MR) is 212 cm³/mol. The molecule has 0 N–H and O–H groups in total. The summed E-state index contributed by atoms with van der Waals surface area (Å²) < 4.78 is 0. The molecule has 8 rings (SSSR count). The number of anilines is 3. The zero-order valence-electron chi connectivity index (χ0n) is 29.7. The van der Waals surface area contributed by atoms with Gasteiger partial charge in [0, 0.05) is 17.1 Å². The summed E-state index contributed by atoms with van der Waals surface area (Å²) >= 11 is 0. The van der Waals surface area contributed by atoms with Gasteiger partial charge in [0.25, 0.3) is 0 Å². The van der Waals surface area contributed by atoms with Gasteiger partial charge in [0.05, 0.1) is 0 Å². The lowest BCUT2D eigenvalue weighted by Gasteiger charge is -2.26. The van der Waals surface area contributed by atoms with Gasteiger partial charge in [-0.3, -0.25) is 0 Å². The lowest BCUT2D eigenvalue weighted by atomic mass is 9.80. The van der Waals surface area contributed by atoms with Crippen LogP contribution in [0.25, 0.3) is 43.8 Å². The van der Waals surface area contributed by atoms with Crippen molar-refractivity contribution >= 4 is 38.6 Å². The van der Waals surface area contributed by atoms with E-state index in [0.29, 0.717) is 0 Å². The highest BCUT2D eigenvalue weighted by molar-refractivity contribution is 6.22. The SMILES string of the molecule is Cc1ccc(N(c2ccc(C)cc2)c2ccc(-c3c4cc(C)c(C)cc4c(-c4cccc5c4CCCC5)c4cc(C)c(C)cc34)cc2)cc1. The topological polar surface area (TPSA) is 3.24 Å². The van der Waals surface area contributed by atoms with Gasteiger partial charge in [-0.15, -0.1) is 0 Å². The van der Waals surface area contributed by atoms with Crippen LogP contribution in [0.1, 0.15) is 57.3 Å². The third kappa shape index (κ3) is 5.52. The molecule has 49 heavy (non-hydrogen) atoms. The molecule has 0 fully saturated rings. The summed E-state index contributed by atoms with van der Waals surface area (Å²) in [6.07, 6.45) is 4.89. The highest BCUT2D eigenvalue weighted by Crippen LogP contribution is 2.47. The molecule has 1 aliphatic rings. The monoisotopic (exact) mass is 635 g/mol. The van der Waals surface area contributed by atoms with Crippen LogP contribution in [0.15, 0.2) is 115 Å². The zero-order valence-corrected chi connectivity index (χ0v) is 29.7. The van der Waals surface area contributed by atoms with Gasteiger partial charge in [-0.25, -0.2) is 0 Å². The molecule has 0 saturated carbocycles. The lowest BCUT2D eigenvalue weighted by Crippen LogP contribution is -2.09. The van der Waals surface area contributed by atoms with E-state index in [-0.39, 0.29) is 0 Å². The Morgan fingerprint density at radius 1 is 0.429 bits per heavy atom. The summed E-state index contributed by atoms with van der Waals surface area (Å²) in [5.41, 5.74) is 19.8. The molecule has 0 aliphatic heterocycles. The minimum absolute atomic E-state index is 1.15. The number of fused-ring (bicyclic) bond motifs is 3. The first kappa shape index (κ1) is 31.1. The molecular formula is C48H45N. The van der Waals surface area contributed by atoms with Crippen molar-refractivity contribution < 1.29 is 0 Å². The first-order chi connectivity index (χ1) is 23.8. The number of benzene rings is 7. The van der Waals surface area contributed by atoms with E-state index >= 15 is 0 Å². The molecule has 0 radical (unpaired) electrons. The maximum atomic E-state index is 2.46. The Labute approximate surface area is 291 Å². The molecule has 1 aliphatic carbocycles. The molecule has 0 unspecified atom stereocenters. The van der Waals surface area contributed by atoms with Crippen molar-refractivity contribution in [1.29, 1.82) is 0 Å². The molecule has 0 aromatic heterocycles. The molecule has 7 aromatic carbocycles. The first-order valence-electron chi connectivity index (χ1n) is 17.9. The van der Waals surface area contributed by atoms with E-state index in [4.69, 9.17) is 0 Å². The fourth-order valence-corrected chi connectivity index (χ4v) is 7.98. The number of hydrogen-bond donors (Lipinski definition) is 0. The molecule has 0 heterocycles. The van der Waals surface area contributed by atoms with Gasteiger partial charge in [-0.05, 0) is 181 Å². The second-order valence-electron chi connectivity index (χ2n) is 14.4. The Morgan fingerprint density at radius 3 is 1.35 bits per heavy atom. The lowest BCUT2D eigenvalue weighted by molar-refractivity contribution is 0.687. The van der Waals surface area contributed by atoms with Gasteiger partial charge >= 0.3 is 0 Å². The molecule has 1 nitrogen and oxygen atoms in total. The van der Waals surface area contributed by atoms with Crippen LogP contribution in [0.4, 0.5) is 17.1 Å². The Kier molecular flexibility index (Phi) is 7.87. The highest BCUT2D eigenvalue weighted by Gasteiger charge is 2.23. The van der Waals surface area contributed by atoms with Gasteiger partial charge in [0.2, 0.25) is 0 Å². The van der Waals surface area contributed by atoms with Crippen molar-refractivity contribution in [2.24, 2.45) is 0 Å². The smallest absolute Gasteiger partial charge is 0.0462 e. The third-order valence-corrected chi connectivity index (χ3v) is 11.0. The Morgan fingerprint density at radius 2 is 0.857 bits per heavy atom. The Bertz CT molecular complexity index is 2240. The molecule has 0 spiro atoms. The van der Waals surface area contributed by atoms with E-state index in [1.165, 1.54) is 102 Å². The molecule has 242 valence electrons. The van der Waals surface area contributed by atoms with E-state index < -0.39 is 0 Å². The maximum Gasteiger partial charge on any atom is 0.0462 e. The zero-order chi connectivity index (χ0) is 33.8. The summed E-state index contributed by atoms with van der Waals surface area (Å²) in [5, 5.41) is 5.39. The van der Waals surface area contributed by atoms with Gasteiger partial charge < -0.3 is 4.90 Å². The average Bonchev–Trinajstić information content (AvgIpc) is 3.11. The van der Waals surface area contributed by atoms with E-state index in [0.717, 1.165) is 23.5 Å². The summed E-state index contributed by atoms with van der Waals surface area (Å²) in [7, 11) is 0. The van der Waals surface area contributed by atoms with Crippen LogP contribution in [0, 0.1) is 41.5 Å². The second-order valence-corrected chi connectivity index (χ2v) is 14.4. The van der Waals surface area contributed by atoms with Crippen molar-refractivity contribution in [1.82, 2.24) is 0 Å². The summed E-state index contributed by atoms with van der Waals surface area (Å²) in [6, 6.07) is 43.8. The van der Waals surface area contributed by atoms with Crippen LogP contribution in [-0.2, 0) is 12.8 Å². The fourth-order valence-electron chi connectivity index (χ4n) is 7.98. The van der Waals surface area contributed by atoms with Gasteiger partial charge in [0.1, 0.15) is 0 Å². The third-order valence-electron chi connectivity index (χ3n) is 11.0. The van der Waals surface area contributed by atoms with E-state index in [2.05, 4.69) is 162 Å². The predicted octanol–water partition coefficient (Wildman–Crippen LogP) is 13.5. The first-order valence-corrected chi connectivity index (χ1v) is 17.9. The average molecular weight is 636 g/mol. The minimum atomic E-state index is 1.15. The van der Waals surface area contributed by atoms with Crippen LogP contribution < -0.4 is 4.90 Å². The summed E-state index contributed by atoms with van der Waals surface area (Å²) in [4.78, 5) is 2.36. The largest absolute Gasteiger partial charge is 0.311 e. The van der Waals surface area contributed by atoms with Crippen LogP contribution in [-0.4, -0.2) is 0 Å². The number of hydrogen-bond acceptors (Lipinski definition) is 1. The van der Waals surface area contributed by atoms with Crippen molar-refractivity contribution in [3.05, 3.63) is 160 Å². The molecular weight excluding hydrogens is 591 g/mol. The Hall–Kier alpha value is -5.14. The normalized spacial score (nSPS) is 12.8. The van der Waals surface area contributed by atoms with Crippen molar-refractivity contribution in [3.63, 3.8) is 0 Å². The standard InChI is InChI=1S/C48H45N/c1-30-14-20-38(21-15-30)49(39-22-16-31(2)17-23-39)40-24-18-37(19-25-40)47-43-26-32(3)34(5)28-45(43)48(46-29-35(6)33(4)27-44(46)47)42-13-9-11-36-10-7-8-12-41(36)42/h9,11,13-29H,7-8,10,12H2,1-6H3. The van der Waals surface area contributed by atoms with Crippen LogP contribution >= 0.6 is 0 Å². The van der Waals surface area contributed by atoms with Crippen molar-refractivity contribution in [2.75, 3.05) is 4.90 Å². The van der Waals surface area contributed by atoms with Crippen molar-refractivity contribution in [3.8, 4) is 22.3 Å². The number of aryl methyl sites for hydroxylation is 7. The van der Waals surface area contributed by atoms with Gasteiger partial charge in [-0.2, -0.15) is 0 Å². The molecule has 0 bridgehead atoms. The second kappa shape index (κ2) is 12.4. The molecule has 7 aromatic rings. The maximum absolute atomic E-state index is 2.46.